The van der Waals surface area contributed by atoms with Crippen molar-refractivity contribution in [1.82, 2.24) is 25.5 Å². The quantitative estimate of drug-likeness (QED) is 0.755. The van der Waals surface area contributed by atoms with Gasteiger partial charge >= 0.3 is 0 Å². The number of carbonyl (C=O) groups excluding carboxylic acids is 1. The maximum atomic E-state index is 12.0. The molecule has 3 aromatic rings. The molecule has 116 valence electrons. The van der Waals surface area contributed by atoms with Gasteiger partial charge in [-0.15, -0.1) is 5.10 Å². The molecule has 3 rings (SSSR count). The SMILES string of the molecule is O=C(CCc1nnnn1-c1ccccc1)NCc1ccccc1. The predicted octanol–water partition coefficient (Wildman–Crippen LogP) is 1.91. The maximum Gasteiger partial charge on any atom is 0.220 e. The fraction of sp³-hybridized carbons (Fsp3) is 0.176. The van der Waals surface area contributed by atoms with Gasteiger partial charge in [-0.1, -0.05) is 48.5 Å². The lowest BCUT2D eigenvalue weighted by Gasteiger charge is -2.06. The summed E-state index contributed by atoms with van der Waals surface area (Å²) >= 11 is 0. The van der Waals surface area contributed by atoms with Crippen molar-refractivity contribution in [1.29, 1.82) is 0 Å². The topological polar surface area (TPSA) is 72.7 Å². The molecular weight excluding hydrogens is 290 g/mol. The van der Waals surface area contributed by atoms with Gasteiger partial charge in [0.05, 0.1) is 5.69 Å². The Bertz CT molecular complexity index is 755. The minimum Gasteiger partial charge on any atom is -0.352 e. The molecule has 0 spiro atoms. The van der Waals surface area contributed by atoms with Crippen LogP contribution < -0.4 is 5.32 Å². The van der Waals surface area contributed by atoms with Crippen LogP contribution in [0, 0.1) is 0 Å². The molecule has 1 heterocycles. The van der Waals surface area contributed by atoms with E-state index < -0.39 is 0 Å². The van der Waals surface area contributed by atoms with Gasteiger partial charge in [0.25, 0.3) is 0 Å². The Morgan fingerprint density at radius 2 is 1.70 bits per heavy atom. The van der Waals surface area contributed by atoms with Crippen LogP contribution in [0.15, 0.2) is 60.7 Å². The van der Waals surface area contributed by atoms with Crippen LogP contribution in [-0.2, 0) is 17.8 Å². The van der Waals surface area contributed by atoms with Crippen LogP contribution >= 0.6 is 0 Å². The van der Waals surface area contributed by atoms with E-state index in [1.165, 1.54) is 0 Å². The van der Waals surface area contributed by atoms with Gasteiger partial charge in [-0.2, -0.15) is 4.68 Å². The van der Waals surface area contributed by atoms with Gasteiger partial charge in [0.1, 0.15) is 0 Å². The van der Waals surface area contributed by atoms with Crippen molar-refractivity contribution in [2.45, 2.75) is 19.4 Å². The third-order valence-electron chi connectivity index (χ3n) is 3.44. The summed E-state index contributed by atoms with van der Waals surface area (Å²) in [5.74, 6) is 0.655. The number of amides is 1. The third-order valence-corrected chi connectivity index (χ3v) is 3.44. The second-order valence-corrected chi connectivity index (χ2v) is 5.10. The summed E-state index contributed by atoms with van der Waals surface area (Å²) in [6.07, 6.45) is 0.836. The molecule has 2 aromatic carbocycles. The summed E-state index contributed by atoms with van der Waals surface area (Å²) in [7, 11) is 0. The van der Waals surface area contributed by atoms with Crippen molar-refractivity contribution >= 4 is 5.91 Å². The van der Waals surface area contributed by atoms with Gasteiger partial charge in [0.15, 0.2) is 5.82 Å². The summed E-state index contributed by atoms with van der Waals surface area (Å²) in [4.78, 5) is 12.0. The fourth-order valence-electron chi connectivity index (χ4n) is 2.24. The number of rotatable bonds is 6. The fourth-order valence-corrected chi connectivity index (χ4v) is 2.24. The summed E-state index contributed by atoms with van der Waals surface area (Å²) in [6, 6.07) is 19.5. The van der Waals surface area contributed by atoms with Crippen LogP contribution in [0.4, 0.5) is 0 Å². The van der Waals surface area contributed by atoms with Crippen LogP contribution in [0.2, 0.25) is 0 Å². The number of tetrazole rings is 1. The van der Waals surface area contributed by atoms with E-state index in [0.717, 1.165) is 11.3 Å². The normalized spacial score (nSPS) is 10.4. The number of benzene rings is 2. The number of hydrogen-bond donors (Lipinski definition) is 1. The zero-order valence-corrected chi connectivity index (χ0v) is 12.6. The standard InChI is InChI=1S/C17H17N5O/c23-17(18-13-14-7-3-1-4-8-14)12-11-16-19-20-21-22(16)15-9-5-2-6-10-15/h1-10H,11-13H2,(H,18,23). The minimum absolute atomic E-state index is 0.0172. The van der Waals surface area contributed by atoms with E-state index in [9.17, 15) is 4.79 Å². The lowest BCUT2D eigenvalue weighted by Crippen LogP contribution is -2.23. The number of nitrogens with zero attached hydrogens (tertiary/aromatic N) is 4. The van der Waals surface area contributed by atoms with Crippen molar-refractivity contribution in [2.24, 2.45) is 0 Å². The number of aryl methyl sites for hydroxylation is 1. The molecular formula is C17H17N5O. The lowest BCUT2D eigenvalue weighted by atomic mass is 10.2. The highest BCUT2D eigenvalue weighted by molar-refractivity contribution is 5.76. The second-order valence-electron chi connectivity index (χ2n) is 5.10. The van der Waals surface area contributed by atoms with Crippen molar-refractivity contribution in [2.75, 3.05) is 0 Å². The Morgan fingerprint density at radius 3 is 2.43 bits per heavy atom. The zero-order valence-electron chi connectivity index (χ0n) is 12.6. The maximum absolute atomic E-state index is 12.0. The molecule has 1 N–H and O–H groups in total. The third kappa shape index (κ3) is 4.00. The van der Waals surface area contributed by atoms with Gasteiger partial charge in [-0.25, -0.2) is 0 Å². The average Bonchev–Trinajstić information content (AvgIpc) is 3.08. The summed E-state index contributed by atoms with van der Waals surface area (Å²) in [5.41, 5.74) is 1.96. The van der Waals surface area contributed by atoms with Crippen molar-refractivity contribution < 1.29 is 4.79 Å². The van der Waals surface area contributed by atoms with E-state index in [1.807, 2.05) is 60.7 Å². The van der Waals surface area contributed by atoms with Gasteiger partial charge in [0.2, 0.25) is 5.91 Å². The largest absolute Gasteiger partial charge is 0.352 e. The number of nitrogens with one attached hydrogen (secondary N) is 1. The molecule has 0 atom stereocenters. The highest BCUT2D eigenvalue weighted by Gasteiger charge is 2.10. The Hall–Kier alpha value is -3.02. The van der Waals surface area contributed by atoms with Crippen LogP contribution in [-0.4, -0.2) is 26.1 Å². The first-order valence-electron chi connectivity index (χ1n) is 7.46. The summed E-state index contributed by atoms with van der Waals surface area (Å²) < 4.78 is 1.66. The Labute approximate surface area is 134 Å². The van der Waals surface area contributed by atoms with Gasteiger partial charge in [0, 0.05) is 19.4 Å². The van der Waals surface area contributed by atoms with E-state index in [0.29, 0.717) is 25.2 Å². The molecule has 1 aromatic heterocycles. The Kier molecular flexibility index (Phi) is 4.73. The van der Waals surface area contributed by atoms with Gasteiger partial charge in [-0.05, 0) is 28.1 Å². The smallest absolute Gasteiger partial charge is 0.220 e. The predicted molar refractivity (Wildman–Crippen MR) is 85.8 cm³/mol. The molecule has 0 fully saturated rings. The van der Waals surface area contributed by atoms with Crippen LogP contribution in [0.3, 0.4) is 0 Å². The zero-order chi connectivity index (χ0) is 15.9. The minimum atomic E-state index is -0.0172. The van der Waals surface area contributed by atoms with E-state index >= 15 is 0 Å². The number of aromatic nitrogens is 4. The van der Waals surface area contributed by atoms with Crippen LogP contribution in [0.1, 0.15) is 17.8 Å². The second kappa shape index (κ2) is 7.31. The van der Waals surface area contributed by atoms with Gasteiger partial charge in [-0.3, -0.25) is 4.79 Å². The summed E-state index contributed by atoms with van der Waals surface area (Å²) in [6.45, 7) is 0.531. The molecule has 6 nitrogen and oxygen atoms in total. The molecule has 0 aliphatic rings. The Balaban J connectivity index is 1.55. The first kappa shape index (κ1) is 14.9. The van der Waals surface area contributed by atoms with E-state index in [1.54, 1.807) is 4.68 Å². The first-order chi connectivity index (χ1) is 11.3. The summed E-state index contributed by atoms with van der Waals surface area (Å²) in [5, 5.41) is 14.6. The molecule has 0 unspecified atom stereocenters. The Morgan fingerprint density at radius 1 is 1.00 bits per heavy atom. The monoisotopic (exact) mass is 307 g/mol. The lowest BCUT2D eigenvalue weighted by molar-refractivity contribution is -0.121. The average molecular weight is 307 g/mol. The number of carbonyl (C=O) groups is 1. The highest BCUT2D eigenvalue weighted by atomic mass is 16.1. The van der Waals surface area contributed by atoms with Gasteiger partial charge < -0.3 is 5.32 Å². The molecule has 23 heavy (non-hydrogen) atoms. The highest BCUT2D eigenvalue weighted by Crippen LogP contribution is 2.08. The van der Waals surface area contributed by atoms with E-state index in [2.05, 4.69) is 20.8 Å². The van der Waals surface area contributed by atoms with Crippen LogP contribution in [0.5, 0.6) is 0 Å². The van der Waals surface area contributed by atoms with Crippen molar-refractivity contribution in [3.63, 3.8) is 0 Å². The van der Waals surface area contributed by atoms with Crippen LogP contribution in [0.25, 0.3) is 5.69 Å². The number of hydrogen-bond acceptors (Lipinski definition) is 4. The first-order valence-corrected chi connectivity index (χ1v) is 7.46. The van der Waals surface area contributed by atoms with E-state index in [-0.39, 0.29) is 5.91 Å². The molecule has 0 bridgehead atoms. The molecule has 0 saturated carbocycles. The molecule has 0 aliphatic heterocycles. The molecule has 0 radical (unpaired) electrons. The molecule has 0 aliphatic carbocycles. The number of para-hydroxylation sites is 1. The van der Waals surface area contributed by atoms with Crippen molar-refractivity contribution in [3.8, 4) is 5.69 Å². The van der Waals surface area contributed by atoms with E-state index in [4.69, 9.17) is 0 Å². The van der Waals surface area contributed by atoms with Crippen molar-refractivity contribution in [3.05, 3.63) is 72.1 Å². The molecule has 0 saturated heterocycles. The molecule has 1 amide bonds. The molecule has 6 heteroatoms.